The van der Waals surface area contributed by atoms with E-state index in [4.69, 9.17) is 10.00 Å². The van der Waals surface area contributed by atoms with Crippen LogP contribution in [0.3, 0.4) is 0 Å². The van der Waals surface area contributed by atoms with Crippen LogP contribution in [0.25, 0.3) is 0 Å². The monoisotopic (exact) mass is 242 g/mol. The molecule has 0 saturated heterocycles. The molecule has 1 N–H and O–H groups in total. The summed E-state index contributed by atoms with van der Waals surface area (Å²) in [5.41, 5.74) is 2.13. The van der Waals surface area contributed by atoms with Gasteiger partial charge in [-0.1, -0.05) is 12.1 Å². The van der Waals surface area contributed by atoms with Crippen molar-refractivity contribution in [3.8, 4) is 11.8 Å². The maximum Gasteiger partial charge on any atom is 0.174 e. The summed E-state index contributed by atoms with van der Waals surface area (Å²) in [5.74, 6) is 0.710. The van der Waals surface area contributed by atoms with Crippen molar-refractivity contribution in [2.45, 2.75) is 6.54 Å². The van der Waals surface area contributed by atoms with Gasteiger partial charge >= 0.3 is 0 Å². The molecule has 0 fully saturated rings. The highest BCUT2D eigenvalue weighted by molar-refractivity contribution is 5.39. The molecule has 0 unspecified atom stereocenters. The first-order valence-corrected chi connectivity index (χ1v) is 5.59. The molecule has 0 bridgehead atoms. The second kappa shape index (κ2) is 5.73. The summed E-state index contributed by atoms with van der Waals surface area (Å²) < 4.78 is 6.93. The van der Waals surface area contributed by atoms with Crippen molar-refractivity contribution in [3.63, 3.8) is 0 Å². The summed E-state index contributed by atoms with van der Waals surface area (Å²) in [5, 5.41) is 15.7. The molecule has 0 amide bonds. The number of ether oxygens (including phenoxy) is 1. The second-order valence-electron chi connectivity index (χ2n) is 3.85. The van der Waals surface area contributed by atoms with Gasteiger partial charge in [-0.3, -0.25) is 4.68 Å². The number of aromatic nitrogens is 2. The zero-order chi connectivity index (χ0) is 12.8. The third-order valence-electron chi connectivity index (χ3n) is 2.43. The molecule has 5 nitrogen and oxygen atoms in total. The summed E-state index contributed by atoms with van der Waals surface area (Å²) in [6, 6.07) is 9.59. The third kappa shape index (κ3) is 3.25. The topological polar surface area (TPSA) is 62.9 Å². The molecule has 18 heavy (non-hydrogen) atoms. The van der Waals surface area contributed by atoms with E-state index >= 15 is 0 Å². The Morgan fingerprint density at radius 3 is 2.78 bits per heavy atom. The van der Waals surface area contributed by atoms with E-state index in [2.05, 4.69) is 10.4 Å². The lowest BCUT2D eigenvalue weighted by atomic mass is 10.2. The van der Waals surface area contributed by atoms with Crippen molar-refractivity contribution in [3.05, 3.63) is 42.2 Å². The summed E-state index contributed by atoms with van der Waals surface area (Å²) in [4.78, 5) is 0. The molecule has 0 aliphatic rings. The Labute approximate surface area is 106 Å². The molecule has 2 rings (SSSR count). The van der Waals surface area contributed by atoms with Crippen LogP contribution >= 0.6 is 0 Å². The Balaban J connectivity index is 1.88. The Kier molecular flexibility index (Phi) is 3.82. The van der Waals surface area contributed by atoms with E-state index in [9.17, 15) is 0 Å². The normalized spacial score (nSPS) is 9.78. The van der Waals surface area contributed by atoms with Gasteiger partial charge in [0.2, 0.25) is 0 Å². The van der Waals surface area contributed by atoms with Gasteiger partial charge in [0, 0.05) is 19.8 Å². The molecule has 0 aliphatic carbocycles. The number of nitriles is 1. The van der Waals surface area contributed by atoms with Gasteiger partial charge in [0.15, 0.2) is 6.61 Å². The van der Waals surface area contributed by atoms with Crippen LogP contribution in [-0.2, 0) is 13.6 Å². The van der Waals surface area contributed by atoms with E-state index < -0.39 is 0 Å². The average molecular weight is 242 g/mol. The van der Waals surface area contributed by atoms with E-state index in [1.165, 1.54) is 0 Å². The number of nitrogens with zero attached hydrogens (tertiary/aromatic N) is 3. The van der Waals surface area contributed by atoms with Crippen LogP contribution in [0.15, 0.2) is 36.7 Å². The zero-order valence-corrected chi connectivity index (χ0v) is 10.1. The molecule has 1 heterocycles. The van der Waals surface area contributed by atoms with Crippen LogP contribution in [0.5, 0.6) is 5.75 Å². The van der Waals surface area contributed by atoms with Gasteiger partial charge in [-0.15, -0.1) is 0 Å². The molecule has 0 radical (unpaired) electrons. The van der Waals surface area contributed by atoms with E-state index in [0.29, 0.717) is 5.75 Å². The SMILES string of the molecule is Cn1cc(NCc2ccc(OCC#N)cc2)cn1. The minimum absolute atomic E-state index is 0.0767. The van der Waals surface area contributed by atoms with Gasteiger partial charge in [0.1, 0.15) is 11.8 Å². The fourth-order valence-corrected chi connectivity index (χ4v) is 1.54. The number of hydrogen-bond acceptors (Lipinski definition) is 4. The number of benzene rings is 1. The first-order valence-electron chi connectivity index (χ1n) is 5.59. The van der Waals surface area contributed by atoms with Gasteiger partial charge in [-0.2, -0.15) is 10.4 Å². The predicted octanol–water partition coefficient (Wildman–Crippen LogP) is 1.93. The second-order valence-corrected chi connectivity index (χ2v) is 3.85. The van der Waals surface area contributed by atoms with Crippen LogP contribution in [0, 0.1) is 11.3 Å². The van der Waals surface area contributed by atoms with Crippen molar-refractivity contribution in [1.29, 1.82) is 5.26 Å². The Hall–Kier alpha value is -2.48. The number of anilines is 1. The maximum absolute atomic E-state index is 8.40. The van der Waals surface area contributed by atoms with Crippen molar-refractivity contribution >= 4 is 5.69 Å². The average Bonchev–Trinajstić information content (AvgIpc) is 2.81. The third-order valence-corrected chi connectivity index (χ3v) is 2.43. The highest BCUT2D eigenvalue weighted by atomic mass is 16.5. The highest BCUT2D eigenvalue weighted by Gasteiger charge is 1.97. The summed E-state index contributed by atoms with van der Waals surface area (Å²) in [6.45, 7) is 0.803. The molecule has 2 aromatic rings. The van der Waals surface area contributed by atoms with E-state index in [1.807, 2.05) is 43.6 Å². The quantitative estimate of drug-likeness (QED) is 0.870. The Bertz CT molecular complexity index is 539. The number of nitrogens with one attached hydrogen (secondary N) is 1. The molecule has 0 spiro atoms. The van der Waals surface area contributed by atoms with Gasteiger partial charge in [0.05, 0.1) is 11.9 Å². The van der Waals surface area contributed by atoms with Crippen LogP contribution < -0.4 is 10.1 Å². The van der Waals surface area contributed by atoms with Crippen LogP contribution in [0.1, 0.15) is 5.56 Å². The van der Waals surface area contributed by atoms with Gasteiger partial charge in [-0.25, -0.2) is 0 Å². The van der Waals surface area contributed by atoms with Gasteiger partial charge in [-0.05, 0) is 17.7 Å². The molecule has 1 aromatic heterocycles. The lowest BCUT2D eigenvalue weighted by Crippen LogP contribution is -1.99. The first-order chi connectivity index (χ1) is 8.78. The van der Waals surface area contributed by atoms with Gasteiger partial charge in [0.25, 0.3) is 0 Å². The van der Waals surface area contributed by atoms with Crippen molar-refractivity contribution < 1.29 is 4.74 Å². The van der Waals surface area contributed by atoms with Crippen molar-refractivity contribution in [2.24, 2.45) is 7.05 Å². The largest absolute Gasteiger partial charge is 0.479 e. The zero-order valence-electron chi connectivity index (χ0n) is 10.1. The number of hydrogen-bond donors (Lipinski definition) is 1. The fourth-order valence-electron chi connectivity index (χ4n) is 1.54. The minimum atomic E-state index is 0.0767. The number of aryl methyl sites for hydroxylation is 1. The van der Waals surface area contributed by atoms with Crippen LogP contribution in [0.2, 0.25) is 0 Å². The first kappa shape index (κ1) is 12.0. The van der Waals surface area contributed by atoms with Gasteiger partial charge < -0.3 is 10.1 Å². The van der Waals surface area contributed by atoms with Crippen LogP contribution in [0.4, 0.5) is 5.69 Å². The predicted molar refractivity (Wildman–Crippen MR) is 68.1 cm³/mol. The smallest absolute Gasteiger partial charge is 0.174 e. The minimum Gasteiger partial charge on any atom is -0.479 e. The fraction of sp³-hybridized carbons (Fsp3) is 0.231. The molecule has 0 atom stereocenters. The molecular weight excluding hydrogens is 228 g/mol. The molecular formula is C13H14N4O. The maximum atomic E-state index is 8.40. The molecule has 0 aliphatic heterocycles. The molecule has 92 valence electrons. The van der Waals surface area contributed by atoms with Crippen molar-refractivity contribution in [2.75, 3.05) is 11.9 Å². The summed E-state index contributed by atoms with van der Waals surface area (Å²) in [7, 11) is 1.88. The summed E-state index contributed by atoms with van der Waals surface area (Å²) in [6.07, 6.45) is 3.70. The molecule has 1 aromatic carbocycles. The standard InChI is InChI=1S/C13H14N4O/c1-17-10-12(9-16-17)15-8-11-2-4-13(5-3-11)18-7-6-14/h2-5,9-10,15H,7-8H2,1H3. The highest BCUT2D eigenvalue weighted by Crippen LogP contribution is 2.13. The van der Waals surface area contributed by atoms with E-state index in [0.717, 1.165) is 17.8 Å². The Morgan fingerprint density at radius 2 is 2.17 bits per heavy atom. The van der Waals surface area contributed by atoms with E-state index in [-0.39, 0.29) is 6.61 Å². The molecule has 0 saturated carbocycles. The number of rotatable bonds is 5. The lowest BCUT2D eigenvalue weighted by Gasteiger charge is -2.05. The summed E-state index contributed by atoms with van der Waals surface area (Å²) >= 11 is 0. The van der Waals surface area contributed by atoms with Crippen molar-refractivity contribution in [1.82, 2.24) is 9.78 Å². The molecule has 5 heteroatoms. The Morgan fingerprint density at radius 1 is 1.39 bits per heavy atom. The van der Waals surface area contributed by atoms with E-state index in [1.54, 1.807) is 10.9 Å². The lowest BCUT2D eigenvalue weighted by molar-refractivity contribution is 0.368. The van der Waals surface area contributed by atoms with Crippen LogP contribution in [-0.4, -0.2) is 16.4 Å².